The zero-order chi connectivity index (χ0) is 14.0. The van der Waals surface area contributed by atoms with Gasteiger partial charge in [0.05, 0.1) is 18.4 Å². The summed E-state index contributed by atoms with van der Waals surface area (Å²) in [5.74, 6) is -2.24. The number of hydrogen-bond donors (Lipinski definition) is 3. The van der Waals surface area contributed by atoms with E-state index in [1.807, 2.05) is 10.8 Å². The van der Waals surface area contributed by atoms with Crippen LogP contribution in [-0.2, 0) is 15.2 Å². The number of aliphatic hydroxyl groups is 1. The number of carboxylic acid groups (broad SMARTS) is 1. The van der Waals surface area contributed by atoms with E-state index in [1.165, 1.54) is 11.3 Å². The van der Waals surface area contributed by atoms with Crippen LogP contribution in [0.15, 0.2) is 16.8 Å². The predicted octanol–water partition coefficient (Wildman–Crippen LogP) is 1.18. The molecule has 1 heterocycles. The van der Waals surface area contributed by atoms with E-state index in [-0.39, 0.29) is 12.5 Å². The van der Waals surface area contributed by atoms with Crippen molar-refractivity contribution in [3.8, 4) is 0 Å². The van der Waals surface area contributed by atoms with E-state index in [0.717, 1.165) is 5.56 Å². The summed E-state index contributed by atoms with van der Waals surface area (Å²) < 4.78 is 0. The van der Waals surface area contributed by atoms with Crippen LogP contribution >= 0.6 is 11.3 Å². The molecule has 0 aromatic carbocycles. The molecule has 1 saturated carbocycles. The highest BCUT2D eigenvalue weighted by molar-refractivity contribution is 7.08. The van der Waals surface area contributed by atoms with Gasteiger partial charge in [0.25, 0.3) is 0 Å². The maximum Gasteiger partial charge on any atom is 0.307 e. The van der Waals surface area contributed by atoms with E-state index >= 15 is 0 Å². The predicted molar refractivity (Wildman–Crippen MR) is 70.7 cm³/mol. The first-order valence-corrected chi connectivity index (χ1v) is 7.11. The van der Waals surface area contributed by atoms with Gasteiger partial charge in [-0.25, -0.2) is 0 Å². The normalized spacial score (nSPS) is 25.2. The zero-order valence-electron chi connectivity index (χ0n) is 10.6. The Bertz CT molecular complexity index is 469. The molecule has 5 nitrogen and oxygen atoms in total. The average molecular weight is 283 g/mol. The fourth-order valence-electron chi connectivity index (χ4n) is 2.17. The second-order valence-corrected chi connectivity index (χ2v) is 5.91. The summed E-state index contributed by atoms with van der Waals surface area (Å²) in [5.41, 5.74) is -0.376. The van der Waals surface area contributed by atoms with Crippen molar-refractivity contribution in [1.82, 2.24) is 5.32 Å². The number of carbonyl (C=O) groups excluding carboxylic acids is 1. The third-order valence-corrected chi connectivity index (χ3v) is 4.36. The van der Waals surface area contributed by atoms with Gasteiger partial charge in [-0.1, -0.05) is 0 Å². The molecule has 0 aliphatic heterocycles. The molecule has 0 spiro atoms. The van der Waals surface area contributed by atoms with Crippen molar-refractivity contribution < 1.29 is 19.8 Å². The Labute approximate surface area is 115 Å². The summed E-state index contributed by atoms with van der Waals surface area (Å²) in [6.07, 6.45) is 1.15. The van der Waals surface area contributed by atoms with Gasteiger partial charge >= 0.3 is 5.97 Å². The molecule has 3 atom stereocenters. The lowest BCUT2D eigenvalue weighted by molar-refractivity contribution is -0.153. The molecule has 0 bridgehead atoms. The van der Waals surface area contributed by atoms with Crippen LogP contribution in [0.5, 0.6) is 0 Å². The van der Waals surface area contributed by atoms with E-state index in [9.17, 15) is 14.7 Å². The topological polar surface area (TPSA) is 86.6 Å². The van der Waals surface area contributed by atoms with Crippen LogP contribution in [0.1, 0.15) is 25.3 Å². The molecule has 0 radical (unpaired) electrons. The molecular weight excluding hydrogens is 266 g/mol. The Morgan fingerprint density at radius 3 is 2.63 bits per heavy atom. The van der Waals surface area contributed by atoms with Crippen molar-refractivity contribution in [3.63, 3.8) is 0 Å². The number of carboxylic acids is 1. The molecule has 1 aromatic rings. The minimum Gasteiger partial charge on any atom is -0.481 e. The number of carbonyl (C=O) groups is 2. The van der Waals surface area contributed by atoms with E-state index < -0.39 is 23.4 Å². The molecule has 1 amide bonds. The van der Waals surface area contributed by atoms with Crippen molar-refractivity contribution in [2.45, 2.75) is 25.4 Å². The monoisotopic (exact) mass is 283 g/mol. The first-order valence-electron chi connectivity index (χ1n) is 6.17. The molecule has 2 rings (SSSR count). The van der Waals surface area contributed by atoms with Crippen molar-refractivity contribution in [3.05, 3.63) is 22.4 Å². The standard InChI is InChI=1S/C13H17NO4S/c1-13(18,8-4-5-19-6-8)7-14-11(15)9-2-3-10(9)12(16)17/h4-6,9-10,18H,2-3,7H2,1H3,(H,14,15)(H,16,17). The molecule has 19 heavy (non-hydrogen) atoms. The minimum atomic E-state index is -1.13. The third-order valence-electron chi connectivity index (χ3n) is 3.68. The van der Waals surface area contributed by atoms with Crippen LogP contribution in [0, 0.1) is 11.8 Å². The number of rotatable bonds is 5. The van der Waals surface area contributed by atoms with E-state index in [2.05, 4.69) is 5.32 Å². The number of amides is 1. The van der Waals surface area contributed by atoms with Gasteiger partial charge in [-0.3, -0.25) is 9.59 Å². The number of hydrogen-bond acceptors (Lipinski definition) is 4. The lowest BCUT2D eigenvalue weighted by atomic mass is 9.73. The highest BCUT2D eigenvalue weighted by atomic mass is 32.1. The van der Waals surface area contributed by atoms with Gasteiger partial charge in [-0.15, -0.1) is 0 Å². The fraction of sp³-hybridized carbons (Fsp3) is 0.538. The van der Waals surface area contributed by atoms with E-state index in [4.69, 9.17) is 5.11 Å². The molecule has 6 heteroatoms. The SMILES string of the molecule is CC(O)(CNC(=O)C1CCC1C(=O)O)c1ccsc1. The lowest BCUT2D eigenvalue weighted by Crippen LogP contribution is -2.47. The first kappa shape index (κ1) is 14.0. The second-order valence-electron chi connectivity index (χ2n) is 5.13. The van der Waals surface area contributed by atoms with Crippen LogP contribution in [0.4, 0.5) is 0 Å². The Morgan fingerprint density at radius 1 is 1.47 bits per heavy atom. The summed E-state index contributed by atoms with van der Waals surface area (Å²) >= 11 is 1.48. The number of thiophene rings is 1. The average Bonchev–Trinajstić information content (AvgIpc) is 2.78. The van der Waals surface area contributed by atoms with Gasteiger partial charge in [0.2, 0.25) is 5.91 Å². The maximum atomic E-state index is 11.9. The largest absolute Gasteiger partial charge is 0.481 e. The highest BCUT2D eigenvalue weighted by Gasteiger charge is 2.41. The van der Waals surface area contributed by atoms with Crippen molar-refractivity contribution in [1.29, 1.82) is 0 Å². The highest BCUT2D eigenvalue weighted by Crippen LogP contribution is 2.34. The van der Waals surface area contributed by atoms with Crippen molar-refractivity contribution in [2.24, 2.45) is 11.8 Å². The summed E-state index contributed by atoms with van der Waals surface area (Å²) in [6, 6.07) is 1.81. The zero-order valence-corrected chi connectivity index (χ0v) is 11.4. The first-order chi connectivity index (χ1) is 8.92. The Hall–Kier alpha value is -1.40. The smallest absolute Gasteiger partial charge is 0.307 e. The molecular formula is C13H17NO4S. The van der Waals surface area contributed by atoms with Gasteiger partial charge in [0.15, 0.2) is 0 Å². The second kappa shape index (κ2) is 5.30. The Kier molecular flexibility index (Phi) is 3.91. The van der Waals surface area contributed by atoms with Crippen LogP contribution in [0.3, 0.4) is 0 Å². The molecule has 1 aliphatic rings. The molecule has 104 valence electrons. The summed E-state index contributed by atoms with van der Waals surface area (Å²) in [7, 11) is 0. The maximum absolute atomic E-state index is 11.9. The molecule has 0 saturated heterocycles. The molecule has 1 aliphatic carbocycles. The van der Waals surface area contributed by atoms with Crippen molar-refractivity contribution in [2.75, 3.05) is 6.54 Å². The van der Waals surface area contributed by atoms with Gasteiger partial charge < -0.3 is 15.5 Å². The van der Waals surface area contributed by atoms with Gasteiger partial charge in [-0.2, -0.15) is 11.3 Å². The minimum absolute atomic E-state index is 0.0887. The summed E-state index contributed by atoms with van der Waals surface area (Å²) in [6.45, 7) is 1.72. The van der Waals surface area contributed by atoms with Gasteiger partial charge in [0.1, 0.15) is 5.60 Å². The number of nitrogens with one attached hydrogen (secondary N) is 1. The van der Waals surface area contributed by atoms with Crippen molar-refractivity contribution >= 4 is 23.2 Å². The van der Waals surface area contributed by atoms with Crippen LogP contribution in [-0.4, -0.2) is 28.6 Å². The van der Waals surface area contributed by atoms with Gasteiger partial charge in [-0.05, 0) is 42.2 Å². The Balaban J connectivity index is 1.89. The Morgan fingerprint density at radius 2 is 2.16 bits per heavy atom. The van der Waals surface area contributed by atoms with Gasteiger partial charge in [0, 0.05) is 0 Å². The quantitative estimate of drug-likeness (QED) is 0.757. The van der Waals surface area contributed by atoms with E-state index in [0.29, 0.717) is 12.8 Å². The number of aliphatic carboxylic acids is 1. The van der Waals surface area contributed by atoms with E-state index in [1.54, 1.807) is 13.0 Å². The molecule has 1 fully saturated rings. The lowest BCUT2D eigenvalue weighted by Gasteiger charge is -2.33. The van der Waals surface area contributed by atoms with Crippen LogP contribution in [0.25, 0.3) is 0 Å². The summed E-state index contributed by atoms with van der Waals surface area (Å²) in [4.78, 5) is 22.7. The summed E-state index contributed by atoms with van der Waals surface area (Å²) in [5, 5.41) is 25.5. The molecule has 3 N–H and O–H groups in total. The molecule has 3 unspecified atom stereocenters. The molecule has 1 aromatic heterocycles. The fourth-order valence-corrected chi connectivity index (χ4v) is 2.96. The third kappa shape index (κ3) is 2.96. The van der Waals surface area contributed by atoms with Crippen LogP contribution in [0.2, 0.25) is 0 Å². The van der Waals surface area contributed by atoms with Crippen LogP contribution < -0.4 is 5.32 Å².